The SMILES string of the molecule is CCCCC1CCC(OC(=O)C2CCC(C=CC=CC#N)CC2)CC1. The summed E-state index contributed by atoms with van der Waals surface area (Å²) in [6, 6.07) is 1.99. The Hall–Kier alpha value is -1.56. The molecule has 138 valence electrons. The van der Waals surface area contributed by atoms with Gasteiger partial charge in [0.2, 0.25) is 0 Å². The molecule has 0 radical (unpaired) electrons. The fraction of sp³-hybridized carbons (Fsp3) is 0.727. The molecule has 0 aromatic heterocycles. The lowest BCUT2D eigenvalue weighted by Crippen LogP contribution is -2.30. The van der Waals surface area contributed by atoms with E-state index < -0.39 is 0 Å². The first-order valence-electron chi connectivity index (χ1n) is 10.2. The van der Waals surface area contributed by atoms with Crippen molar-refractivity contribution < 1.29 is 9.53 Å². The Morgan fingerprint density at radius 2 is 1.80 bits per heavy atom. The van der Waals surface area contributed by atoms with Crippen LogP contribution >= 0.6 is 0 Å². The maximum absolute atomic E-state index is 12.4. The fourth-order valence-corrected chi connectivity index (χ4v) is 4.16. The zero-order valence-corrected chi connectivity index (χ0v) is 15.7. The Morgan fingerprint density at radius 1 is 1.08 bits per heavy atom. The normalized spacial score (nSPS) is 30.4. The molecule has 0 amide bonds. The number of ether oxygens (including phenoxy) is 1. The molecule has 3 nitrogen and oxygen atoms in total. The summed E-state index contributed by atoms with van der Waals surface area (Å²) in [6.07, 6.45) is 20.0. The zero-order chi connectivity index (χ0) is 17.9. The molecule has 0 spiro atoms. The minimum Gasteiger partial charge on any atom is -0.462 e. The lowest BCUT2D eigenvalue weighted by Gasteiger charge is -2.31. The number of esters is 1. The number of nitrogens with zero attached hydrogens (tertiary/aromatic N) is 1. The van der Waals surface area contributed by atoms with Gasteiger partial charge in [0.15, 0.2) is 0 Å². The van der Waals surface area contributed by atoms with Gasteiger partial charge in [-0.3, -0.25) is 4.79 Å². The van der Waals surface area contributed by atoms with Gasteiger partial charge < -0.3 is 4.74 Å². The van der Waals surface area contributed by atoms with Crippen molar-refractivity contribution in [2.24, 2.45) is 17.8 Å². The third-order valence-corrected chi connectivity index (χ3v) is 5.81. The van der Waals surface area contributed by atoms with Crippen molar-refractivity contribution in [3.63, 3.8) is 0 Å². The van der Waals surface area contributed by atoms with Gasteiger partial charge >= 0.3 is 5.97 Å². The number of allylic oxidation sites excluding steroid dienone is 4. The summed E-state index contributed by atoms with van der Waals surface area (Å²) < 4.78 is 5.83. The summed E-state index contributed by atoms with van der Waals surface area (Å²) >= 11 is 0. The van der Waals surface area contributed by atoms with Gasteiger partial charge in [-0.1, -0.05) is 44.4 Å². The molecule has 2 aliphatic carbocycles. The summed E-state index contributed by atoms with van der Waals surface area (Å²) in [6.45, 7) is 2.25. The summed E-state index contributed by atoms with van der Waals surface area (Å²) in [5.41, 5.74) is 0. The van der Waals surface area contributed by atoms with Crippen LogP contribution in [0.1, 0.15) is 77.6 Å². The molecule has 0 unspecified atom stereocenters. The first-order valence-corrected chi connectivity index (χ1v) is 10.2. The standard InChI is InChI=1S/C22H33NO2/c1-2-3-7-18-11-15-21(16-12-18)25-22(24)20-13-9-19(10-14-20)8-5-4-6-17-23/h4-6,8,18-21H,2-3,7,9-16H2,1H3. The third kappa shape index (κ3) is 7.06. The van der Waals surface area contributed by atoms with Crippen molar-refractivity contribution in [2.45, 2.75) is 83.7 Å². The van der Waals surface area contributed by atoms with Crippen molar-refractivity contribution >= 4 is 5.97 Å². The highest BCUT2D eigenvalue weighted by molar-refractivity contribution is 5.72. The molecule has 0 aromatic rings. The number of unbranched alkanes of at least 4 members (excludes halogenated alkanes) is 1. The molecule has 0 atom stereocenters. The molecule has 0 heterocycles. The van der Waals surface area contributed by atoms with E-state index in [1.165, 1.54) is 38.2 Å². The van der Waals surface area contributed by atoms with Crippen molar-refractivity contribution in [2.75, 3.05) is 0 Å². The van der Waals surface area contributed by atoms with Crippen LogP contribution in [0.25, 0.3) is 0 Å². The largest absolute Gasteiger partial charge is 0.462 e. The van der Waals surface area contributed by atoms with Crippen LogP contribution in [-0.2, 0) is 9.53 Å². The molecule has 2 rings (SSSR count). The van der Waals surface area contributed by atoms with Crippen molar-refractivity contribution in [1.82, 2.24) is 0 Å². The predicted molar refractivity (Wildman–Crippen MR) is 101 cm³/mol. The highest BCUT2D eigenvalue weighted by Crippen LogP contribution is 2.33. The molecule has 0 N–H and O–H groups in total. The molecule has 0 bridgehead atoms. The Balaban J connectivity index is 1.65. The number of carbonyl (C=O) groups is 1. The average Bonchev–Trinajstić information content (AvgIpc) is 2.65. The van der Waals surface area contributed by atoms with E-state index in [9.17, 15) is 4.79 Å². The minimum absolute atomic E-state index is 0.0452. The minimum atomic E-state index is 0.0452. The van der Waals surface area contributed by atoms with E-state index in [1.807, 2.05) is 12.1 Å². The topological polar surface area (TPSA) is 50.1 Å². The monoisotopic (exact) mass is 343 g/mol. The second-order valence-corrected chi connectivity index (χ2v) is 7.71. The number of carbonyl (C=O) groups excluding carboxylic acids is 1. The fourth-order valence-electron chi connectivity index (χ4n) is 4.16. The molecule has 0 aromatic carbocycles. The zero-order valence-electron chi connectivity index (χ0n) is 15.7. The molecule has 2 saturated carbocycles. The summed E-state index contributed by atoms with van der Waals surface area (Å²) in [5, 5.41) is 8.46. The summed E-state index contributed by atoms with van der Waals surface area (Å²) in [5.74, 6) is 1.52. The van der Waals surface area contributed by atoms with Crippen LogP contribution in [0, 0.1) is 29.1 Å². The van der Waals surface area contributed by atoms with Gasteiger partial charge in [0.25, 0.3) is 0 Å². The van der Waals surface area contributed by atoms with Crippen LogP contribution in [0.3, 0.4) is 0 Å². The lowest BCUT2D eigenvalue weighted by molar-refractivity contribution is -0.157. The predicted octanol–water partition coefficient (Wildman–Crippen LogP) is 5.72. The van der Waals surface area contributed by atoms with E-state index in [-0.39, 0.29) is 18.0 Å². The van der Waals surface area contributed by atoms with Gasteiger partial charge in [0.05, 0.1) is 12.0 Å². The van der Waals surface area contributed by atoms with E-state index in [4.69, 9.17) is 10.00 Å². The van der Waals surface area contributed by atoms with Crippen LogP contribution in [0.15, 0.2) is 24.3 Å². The smallest absolute Gasteiger partial charge is 0.309 e. The highest BCUT2D eigenvalue weighted by atomic mass is 16.5. The highest BCUT2D eigenvalue weighted by Gasteiger charge is 2.29. The number of rotatable bonds is 7. The van der Waals surface area contributed by atoms with E-state index >= 15 is 0 Å². The summed E-state index contributed by atoms with van der Waals surface area (Å²) in [7, 11) is 0. The van der Waals surface area contributed by atoms with Crippen molar-refractivity contribution in [3.05, 3.63) is 24.3 Å². The van der Waals surface area contributed by atoms with Crippen LogP contribution in [-0.4, -0.2) is 12.1 Å². The molecule has 2 fully saturated rings. The van der Waals surface area contributed by atoms with Crippen molar-refractivity contribution in [1.29, 1.82) is 5.26 Å². The quantitative estimate of drug-likeness (QED) is 0.337. The van der Waals surface area contributed by atoms with Crippen LogP contribution in [0.2, 0.25) is 0 Å². The van der Waals surface area contributed by atoms with Gasteiger partial charge in [-0.05, 0) is 63.2 Å². The molecule has 3 heteroatoms. The first kappa shape index (κ1) is 19.8. The Labute approximate surface area is 153 Å². The number of hydrogen-bond donors (Lipinski definition) is 0. The van der Waals surface area contributed by atoms with E-state index in [2.05, 4.69) is 13.0 Å². The van der Waals surface area contributed by atoms with Crippen LogP contribution < -0.4 is 0 Å². The van der Waals surface area contributed by atoms with Gasteiger partial charge in [0.1, 0.15) is 6.10 Å². The second-order valence-electron chi connectivity index (χ2n) is 7.71. The lowest BCUT2D eigenvalue weighted by atomic mass is 9.81. The second kappa shape index (κ2) is 11.1. The van der Waals surface area contributed by atoms with E-state index in [1.54, 1.807) is 6.08 Å². The maximum Gasteiger partial charge on any atom is 0.309 e. The molecule has 0 aliphatic heterocycles. The molecule has 2 aliphatic rings. The van der Waals surface area contributed by atoms with Gasteiger partial charge in [-0.15, -0.1) is 0 Å². The van der Waals surface area contributed by atoms with E-state index in [0.29, 0.717) is 5.92 Å². The number of hydrogen-bond acceptors (Lipinski definition) is 3. The molecule has 25 heavy (non-hydrogen) atoms. The maximum atomic E-state index is 12.4. The Bertz CT molecular complexity index is 487. The van der Waals surface area contributed by atoms with Crippen molar-refractivity contribution in [3.8, 4) is 6.07 Å². The Morgan fingerprint density at radius 3 is 2.44 bits per heavy atom. The van der Waals surface area contributed by atoms with E-state index in [0.717, 1.165) is 44.4 Å². The average molecular weight is 344 g/mol. The molecule has 0 saturated heterocycles. The summed E-state index contributed by atoms with van der Waals surface area (Å²) in [4.78, 5) is 12.4. The van der Waals surface area contributed by atoms with Gasteiger partial charge in [-0.2, -0.15) is 5.26 Å². The van der Waals surface area contributed by atoms with Crippen LogP contribution in [0.4, 0.5) is 0 Å². The number of nitriles is 1. The first-order chi connectivity index (χ1) is 12.2. The van der Waals surface area contributed by atoms with Gasteiger partial charge in [-0.25, -0.2) is 0 Å². The Kier molecular flexibility index (Phi) is 8.80. The molecular weight excluding hydrogens is 310 g/mol. The molecular formula is C22H33NO2. The van der Waals surface area contributed by atoms with Gasteiger partial charge in [0, 0.05) is 6.08 Å². The third-order valence-electron chi connectivity index (χ3n) is 5.81. The van der Waals surface area contributed by atoms with Crippen LogP contribution in [0.5, 0.6) is 0 Å².